The van der Waals surface area contributed by atoms with Gasteiger partial charge in [-0.3, -0.25) is 0 Å². The van der Waals surface area contributed by atoms with Crippen LogP contribution in [0.1, 0.15) is 26.3 Å². The first-order valence-corrected chi connectivity index (χ1v) is 12.2. The second-order valence-electron chi connectivity index (χ2n) is 9.58. The van der Waals surface area contributed by atoms with E-state index in [0.717, 1.165) is 5.56 Å². The van der Waals surface area contributed by atoms with Crippen LogP contribution in [0.2, 0.25) is 0 Å². The molecular formula is C29H32N4O5. The highest BCUT2D eigenvalue weighted by Gasteiger charge is 2.15. The van der Waals surface area contributed by atoms with E-state index in [1.807, 2.05) is 24.3 Å². The fourth-order valence-corrected chi connectivity index (χ4v) is 3.73. The first-order chi connectivity index (χ1) is 18.3. The van der Waals surface area contributed by atoms with Crippen LogP contribution in [-0.2, 0) is 10.2 Å². The highest BCUT2D eigenvalue weighted by Crippen LogP contribution is 2.36. The molecule has 1 heterocycles. The van der Waals surface area contributed by atoms with Gasteiger partial charge in [0.1, 0.15) is 18.7 Å². The van der Waals surface area contributed by atoms with Crippen LogP contribution in [0.5, 0.6) is 23.1 Å². The number of carbonyl (C=O) groups is 1. The molecule has 0 radical (unpaired) electrons. The number of nitrogens with one attached hydrogen (secondary N) is 2. The summed E-state index contributed by atoms with van der Waals surface area (Å²) in [4.78, 5) is 21.3. The van der Waals surface area contributed by atoms with E-state index in [1.165, 1.54) is 6.33 Å². The fourth-order valence-electron chi connectivity index (χ4n) is 3.73. The second kappa shape index (κ2) is 11.8. The van der Waals surface area contributed by atoms with Crippen LogP contribution in [0.15, 0.2) is 67.0 Å². The van der Waals surface area contributed by atoms with Crippen molar-refractivity contribution in [2.24, 2.45) is 0 Å². The maximum Gasteiger partial charge on any atom is 0.323 e. The number of hydrogen-bond donors (Lipinski definition) is 2. The third kappa shape index (κ3) is 6.68. The number of methoxy groups -OCH3 is 2. The van der Waals surface area contributed by atoms with Gasteiger partial charge in [-0.1, -0.05) is 39.0 Å². The van der Waals surface area contributed by atoms with Crippen molar-refractivity contribution in [2.45, 2.75) is 26.2 Å². The lowest BCUT2D eigenvalue weighted by Gasteiger charge is -2.20. The van der Waals surface area contributed by atoms with Gasteiger partial charge in [0.2, 0.25) is 5.88 Å². The van der Waals surface area contributed by atoms with E-state index < -0.39 is 0 Å². The number of urea groups is 1. The predicted molar refractivity (Wildman–Crippen MR) is 148 cm³/mol. The Bertz CT molecular complexity index is 1420. The van der Waals surface area contributed by atoms with Crippen molar-refractivity contribution in [2.75, 3.05) is 38.1 Å². The van der Waals surface area contributed by atoms with Gasteiger partial charge in [0.25, 0.3) is 0 Å². The summed E-state index contributed by atoms with van der Waals surface area (Å²) in [6, 6.07) is 18.1. The molecule has 2 amide bonds. The summed E-state index contributed by atoms with van der Waals surface area (Å²) in [5, 5.41) is 6.39. The molecule has 3 aromatic carbocycles. The third-order valence-corrected chi connectivity index (χ3v) is 5.72. The Morgan fingerprint density at radius 2 is 1.61 bits per heavy atom. The van der Waals surface area contributed by atoms with E-state index in [4.69, 9.17) is 18.9 Å². The van der Waals surface area contributed by atoms with E-state index in [0.29, 0.717) is 58.6 Å². The minimum absolute atomic E-state index is 0.0202. The molecule has 0 saturated carbocycles. The molecule has 1 aromatic heterocycles. The van der Waals surface area contributed by atoms with Gasteiger partial charge in [-0.05, 0) is 41.3 Å². The van der Waals surface area contributed by atoms with Crippen LogP contribution in [0.4, 0.5) is 16.2 Å². The van der Waals surface area contributed by atoms with Crippen LogP contribution in [-0.4, -0.2) is 43.4 Å². The standard InChI is InChI=1S/C29H32N4O5/c1-29(2,3)19-8-6-9-20(14-19)32-28(34)33-21-10-7-11-22(15-21)38-27-23-16-25(36-5)26(37-13-12-35-4)17-24(23)30-18-31-27/h6-11,14-18H,12-13H2,1-5H3,(H2,32,33,34). The molecule has 0 bridgehead atoms. The quantitative estimate of drug-likeness (QED) is 0.248. The predicted octanol–water partition coefficient (Wildman–Crippen LogP) is 6.40. The maximum absolute atomic E-state index is 12.7. The molecule has 2 N–H and O–H groups in total. The number of carbonyl (C=O) groups excluding carboxylic acids is 1. The number of aromatic nitrogens is 2. The number of fused-ring (bicyclic) bond motifs is 1. The Balaban J connectivity index is 1.49. The van der Waals surface area contributed by atoms with Crippen molar-refractivity contribution >= 4 is 28.3 Å². The van der Waals surface area contributed by atoms with Gasteiger partial charge in [-0.15, -0.1) is 0 Å². The maximum atomic E-state index is 12.7. The average Bonchev–Trinajstić information content (AvgIpc) is 2.88. The Labute approximate surface area is 222 Å². The average molecular weight is 517 g/mol. The lowest BCUT2D eigenvalue weighted by Crippen LogP contribution is -2.20. The van der Waals surface area contributed by atoms with Crippen LogP contribution in [0, 0.1) is 0 Å². The molecule has 0 aliphatic heterocycles. The molecule has 9 nitrogen and oxygen atoms in total. The Morgan fingerprint density at radius 1 is 0.868 bits per heavy atom. The Kier molecular flexibility index (Phi) is 8.28. The molecule has 4 rings (SSSR count). The van der Waals surface area contributed by atoms with Gasteiger partial charge in [0.15, 0.2) is 11.5 Å². The van der Waals surface area contributed by atoms with Crippen molar-refractivity contribution in [3.05, 3.63) is 72.6 Å². The number of anilines is 2. The zero-order valence-corrected chi connectivity index (χ0v) is 22.2. The van der Waals surface area contributed by atoms with Crippen LogP contribution >= 0.6 is 0 Å². The summed E-state index contributed by atoms with van der Waals surface area (Å²) >= 11 is 0. The Morgan fingerprint density at radius 3 is 2.32 bits per heavy atom. The zero-order chi connectivity index (χ0) is 27.1. The first-order valence-electron chi connectivity index (χ1n) is 12.2. The van der Waals surface area contributed by atoms with E-state index in [2.05, 4.69) is 41.4 Å². The minimum Gasteiger partial charge on any atom is -0.493 e. The number of amides is 2. The van der Waals surface area contributed by atoms with Crippen molar-refractivity contribution in [1.29, 1.82) is 0 Å². The second-order valence-corrected chi connectivity index (χ2v) is 9.58. The Hall–Kier alpha value is -4.37. The number of hydrogen-bond acceptors (Lipinski definition) is 7. The number of ether oxygens (including phenoxy) is 4. The number of benzene rings is 3. The third-order valence-electron chi connectivity index (χ3n) is 5.72. The molecule has 0 saturated heterocycles. The van der Waals surface area contributed by atoms with Gasteiger partial charge in [-0.25, -0.2) is 14.8 Å². The van der Waals surface area contributed by atoms with Gasteiger partial charge in [0.05, 0.1) is 24.6 Å². The summed E-state index contributed by atoms with van der Waals surface area (Å²) in [7, 11) is 3.18. The summed E-state index contributed by atoms with van der Waals surface area (Å²) in [5.41, 5.74) is 3.03. The van der Waals surface area contributed by atoms with E-state index >= 15 is 0 Å². The topological polar surface area (TPSA) is 104 Å². The molecule has 198 valence electrons. The molecule has 0 fully saturated rings. The first kappa shape index (κ1) is 26.7. The summed E-state index contributed by atoms with van der Waals surface area (Å²) in [5.74, 6) is 1.91. The summed E-state index contributed by atoms with van der Waals surface area (Å²) in [6.07, 6.45) is 1.42. The number of nitrogens with zero attached hydrogens (tertiary/aromatic N) is 2. The molecule has 0 spiro atoms. The zero-order valence-electron chi connectivity index (χ0n) is 22.2. The monoisotopic (exact) mass is 516 g/mol. The van der Waals surface area contributed by atoms with E-state index in [9.17, 15) is 4.79 Å². The lowest BCUT2D eigenvalue weighted by atomic mass is 9.87. The van der Waals surface area contributed by atoms with Crippen LogP contribution in [0.25, 0.3) is 10.9 Å². The van der Waals surface area contributed by atoms with Gasteiger partial charge < -0.3 is 29.6 Å². The molecule has 0 aliphatic carbocycles. The van der Waals surface area contributed by atoms with E-state index in [1.54, 1.807) is 50.6 Å². The SMILES string of the molecule is COCCOc1cc2ncnc(Oc3cccc(NC(=O)Nc4cccc(C(C)(C)C)c4)c3)c2cc1OC. The van der Waals surface area contributed by atoms with Crippen LogP contribution < -0.4 is 24.8 Å². The lowest BCUT2D eigenvalue weighted by molar-refractivity contribution is 0.144. The normalized spacial score (nSPS) is 11.2. The summed E-state index contributed by atoms with van der Waals surface area (Å²) in [6.45, 7) is 7.21. The highest BCUT2D eigenvalue weighted by atomic mass is 16.5. The highest BCUT2D eigenvalue weighted by molar-refractivity contribution is 6.00. The fraction of sp³-hybridized carbons (Fsp3) is 0.276. The van der Waals surface area contributed by atoms with Crippen molar-refractivity contribution in [1.82, 2.24) is 9.97 Å². The van der Waals surface area contributed by atoms with E-state index in [-0.39, 0.29) is 11.4 Å². The van der Waals surface area contributed by atoms with Crippen molar-refractivity contribution < 1.29 is 23.7 Å². The van der Waals surface area contributed by atoms with Gasteiger partial charge >= 0.3 is 6.03 Å². The largest absolute Gasteiger partial charge is 0.493 e. The molecule has 0 aliphatic rings. The molecule has 38 heavy (non-hydrogen) atoms. The molecule has 9 heteroatoms. The van der Waals surface area contributed by atoms with Gasteiger partial charge in [0, 0.05) is 30.6 Å². The molecule has 0 atom stereocenters. The molecule has 0 unspecified atom stereocenters. The smallest absolute Gasteiger partial charge is 0.323 e. The summed E-state index contributed by atoms with van der Waals surface area (Å²) < 4.78 is 22.4. The molecular weight excluding hydrogens is 484 g/mol. The van der Waals surface area contributed by atoms with Crippen LogP contribution in [0.3, 0.4) is 0 Å². The van der Waals surface area contributed by atoms with Crippen molar-refractivity contribution in [3.63, 3.8) is 0 Å². The van der Waals surface area contributed by atoms with Gasteiger partial charge in [-0.2, -0.15) is 0 Å². The minimum atomic E-state index is -0.355. The molecule has 4 aromatic rings. The number of rotatable bonds is 9. The van der Waals surface area contributed by atoms with Crippen molar-refractivity contribution in [3.8, 4) is 23.1 Å².